The van der Waals surface area contributed by atoms with E-state index in [2.05, 4.69) is 15.3 Å². The number of amides is 1. The lowest BCUT2D eigenvalue weighted by atomic mass is 10.1. The molecule has 4 rings (SSSR count). The molecule has 2 aliphatic heterocycles. The molecular weight excluding hydrogens is 348 g/mol. The molecule has 8 nitrogen and oxygen atoms in total. The van der Waals surface area contributed by atoms with E-state index in [-0.39, 0.29) is 12.5 Å². The fourth-order valence-electron chi connectivity index (χ4n) is 3.15. The van der Waals surface area contributed by atoms with Crippen molar-refractivity contribution < 1.29 is 18.7 Å². The van der Waals surface area contributed by atoms with Gasteiger partial charge >= 0.3 is 5.97 Å². The van der Waals surface area contributed by atoms with E-state index < -0.39 is 5.97 Å². The zero-order chi connectivity index (χ0) is 19.0. The lowest BCUT2D eigenvalue weighted by Crippen LogP contribution is -2.30. The predicted octanol–water partition coefficient (Wildman–Crippen LogP) is 2.75. The van der Waals surface area contributed by atoms with E-state index in [1.165, 1.54) is 0 Å². The summed E-state index contributed by atoms with van der Waals surface area (Å²) in [5.41, 5.74) is 1.86. The third kappa shape index (κ3) is 2.99. The zero-order valence-corrected chi connectivity index (χ0v) is 15.0. The second kappa shape index (κ2) is 6.71. The second-order valence-corrected chi connectivity index (χ2v) is 6.11. The molecule has 2 aromatic rings. The second-order valence-electron chi connectivity index (χ2n) is 6.11. The molecule has 0 fully saturated rings. The number of esters is 1. The maximum Gasteiger partial charge on any atom is 0.338 e. The summed E-state index contributed by atoms with van der Waals surface area (Å²) in [6.45, 7) is 5.12. The minimum absolute atomic E-state index is 0.287. The predicted molar refractivity (Wildman–Crippen MR) is 100 cm³/mol. The van der Waals surface area contributed by atoms with Gasteiger partial charge in [-0.2, -0.15) is 0 Å². The van der Waals surface area contributed by atoms with Crippen LogP contribution < -0.4 is 5.32 Å². The van der Waals surface area contributed by atoms with Crippen molar-refractivity contribution in [3.05, 3.63) is 46.7 Å². The number of aliphatic imine (C=N–C) groups is 2. The number of ether oxygens (including phenoxy) is 1. The molecule has 1 aromatic heterocycles. The van der Waals surface area contributed by atoms with Gasteiger partial charge < -0.3 is 19.4 Å². The fourth-order valence-corrected chi connectivity index (χ4v) is 3.15. The number of hydrogen-bond acceptors (Lipinski definition) is 7. The number of hydrogen-bond donors (Lipinski definition) is 1. The summed E-state index contributed by atoms with van der Waals surface area (Å²) < 4.78 is 10.7. The number of nitrogens with zero attached hydrogens (tertiary/aromatic N) is 3. The number of amidine groups is 1. The molecule has 0 radical (unpaired) electrons. The topological polar surface area (TPSA) is 96.5 Å². The molecule has 0 spiro atoms. The number of carbonyl (C=O) groups excluding carboxylic acids is 2. The molecular formula is C19H18N4O4. The molecule has 0 bridgehead atoms. The van der Waals surface area contributed by atoms with Crippen molar-refractivity contribution >= 4 is 35.6 Å². The molecule has 1 N–H and O–H groups in total. The van der Waals surface area contributed by atoms with Crippen LogP contribution in [-0.4, -0.2) is 48.6 Å². The molecule has 3 heterocycles. The van der Waals surface area contributed by atoms with E-state index in [1.54, 1.807) is 44.5 Å². The van der Waals surface area contributed by atoms with Crippen molar-refractivity contribution in [2.24, 2.45) is 9.98 Å². The van der Waals surface area contributed by atoms with Crippen LogP contribution in [0.25, 0.3) is 0 Å². The average molecular weight is 366 g/mol. The van der Waals surface area contributed by atoms with Crippen molar-refractivity contribution in [3.8, 4) is 0 Å². The van der Waals surface area contributed by atoms with Gasteiger partial charge in [-0.05, 0) is 32.0 Å². The Labute approximate surface area is 155 Å². The third-order valence-electron chi connectivity index (χ3n) is 4.34. The molecule has 2 aliphatic rings. The van der Waals surface area contributed by atoms with Crippen LogP contribution in [0.15, 0.2) is 38.7 Å². The number of anilines is 1. The number of benzene rings is 1. The summed E-state index contributed by atoms with van der Waals surface area (Å²) in [5.74, 6) is 0.769. The van der Waals surface area contributed by atoms with Crippen molar-refractivity contribution in [2.75, 3.05) is 25.0 Å². The van der Waals surface area contributed by atoms with Gasteiger partial charge in [0.05, 0.1) is 29.8 Å². The minimum atomic E-state index is -0.434. The molecule has 0 saturated carbocycles. The fraction of sp³-hybridized carbons (Fsp3) is 0.263. The highest BCUT2D eigenvalue weighted by molar-refractivity contribution is 6.19. The lowest BCUT2D eigenvalue weighted by Gasteiger charge is -2.18. The van der Waals surface area contributed by atoms with Crippen LogP contribution in [0, 0.1) is 6.92 Å². The first kappa shape index (κ1) is 17.0. The van der Waals surface area contributed by atoms with E-state index in [0.717, 1.165) is 6.54 Å². The Balaban J connectivity index is 1.64. The van der Waals surface area contributed by atoms with Crippen molar-refractivity contribution in [3.63, 3.8) is 0 Å². The smallest absolute Gasteiger partial charge is 0.338 e. The van der Waals surface area contributed by atoms with Crippen molar-refractivity contribution in [1.29, 1.82) is 0 Å². The van der Waals surface area contributed by atoms with Gasteiger partial charge in [0, 0.05) is 12.2 Å². The number of furan rings is 1. The summed E-state index contributed by atoms with van der Waals surface area (Å²) in [6.07, 6.45) is 1.67. The van der Waals surface area contributed by atoms with Gasteiger partial charge in [-0.3, -0.25) is 9.79 Å². The molecule has 0 unspecified atom stereocenters. The van der Waals surface area contributed by atoms with Crippen LogP contribution in [0.2, 0.25) is 0 Å². The molecule has 138 valence electrons. The Bertz CT molecular complexity index is 990. The summed E-state index contributed by atoms with van der Waals surface area (Å²) in [6, 6.07) is 6.61. The molecule has 0 saturated heterocycles. The number of fused-ring (bicyclic) bond motifs is 3. The maximum atomic E-state index is 13.0. The van der Waals surface area contributed by atoms with Crippen molar-refractivity contribution in [1.82, 2.24) is 4.90 Å². The van der Waals surface area contributed by atoms with Crippen LogP contribution in [0.4, 0.5) is 11.6 Å². The van der Waals surface area contributed by atoms with Gasteiger partial charge in [0.15, 0.2) is 0 Å². The van der Waals surface area contributed by atoms with E-state index in [1.807, 2.05) is 4.90 Å². The number of carbonyl (C=O) groups is 2. The number of rotatable bonds is 4. The Morgan fingerprint density at radius 3 is 3.04 bits per heavy atom. The summed E-state index contributed by atoms with van der Waals surface area (Å²) in [5, 5.41) is 2.82. The normalized spacial score (nSPS) is 14.4. The lowest BCUT2D eigenvalue weighted by molar-refractivity contribution is 0.0526. The van der Waals surface area contributed by atoms with Crippen LogP contribution in [-0.2, 0) is 4.74 Å². The van der Waals surface area contributed by atoms with Gasteiger partial charge in [-0.1, -0.05) is 6.07 Å². The SMILES string of the molecule is CCOC(=O)c1cccc(NC(=O)c2c(C)oc3c2C2=NCCN2C=N3)c1. The Hall–Kier alpha value is -3.42. The van der Waals surface area contributed by atoms with Gasteiger partial charge in [-0.15, -0.1) is 0 Å². The molecule has 0 aliphatic carbocycles. The minimum Gasteiger partial charge on any atom is -0.462 e. The first-order valence-electron chi connectivity index (χ1n) is 8.66. The number of nitrogens with one attached hydrogen (secondary N) is 1. The van der Waals surface area contributed by atoms with Crippen LogP contribution in [0.3, 0.4) is 0 Å². The van der Waals surface area contributed by atoms with Gasteiger partial charge in [0.25, 0.3) is 5.91 Å². The zero-order valence-electron chi connectivity index (χ0n) is 15.0. The van der Waals surface area contributed by atoms with Crippen LogP contribution >= 0.6 is 0 Å². The van der Waals surface area contributed by atoms with Gasteiger partial charge in [-0.25, -0.2) is 9.79 Å². The first-order valence-corrected chi connectivity index (χ1v) is 8.66. The highest BCUT2D eigenvalue weighted by atomic mass is 16.5. The quantitative estimate of drug-likeness (QED) is 0.839. The summed E-state index contributed by atoms with van der Waals surface area (Å²) in [7, 11) is 0. The van der Waals surface area contributed by atoms with Crippen molar-refractivity contribution in [2.45, 2.75) is 13.8 Å². The summed E-state index contributed by atoms with van der Waals surface area (Å²) in [4.78, 5) is 35.5. The Kier molecular flexibility index (Phi) is 4.23. The molecule has 8 heteroatoms. The van der Waals surface area contributed by atoms with Gasteiger partial charge in [0.1, 0.15) is 17.9 Å². The summed E-state index contributed by atoms with van der Waals surface area (Å²) >= 11 is 0. The average Bonchev–Trinajstić information content (AvgIpc) is 3.25. The third-order valence-corrected chi connectivity index (χ3v) is 4.34. The molecule has 27 heavy (non-hydrogen) atoms. The van der Waals surface area contributed by atoms with E-state index in [4.69, 9.17) is 9.15 Å². The Morgan fingerprint density at radius 2 is 2.22 bits per heavy atom. The standard InChI is InChI=1S/C19H18N4O4/c1-3-26-19(25)12-5-4-6-13(9-12)22-17(24)14-11(2)27-18-15(14)16-20-7-8-23(16)10-21-18/h4-6,9-10H,3,7-8H2,1-2H3,(H,22,24). The largest absolute Gasteiger partial charge is 0.462 e. The molecule has 0 atom stereocenters. The first-order chi connectivity index (χ1) is 13.1. The monoisotopic (exact) mass is 366 g/mol. The molecule has 1 aromatic carbocycles. The van der Waals surface area contributed by atoms with Crippen LogP contribution in [0.5, 0.6) is 0 Å². The van der Waals surface area contributed by atoms with E-state index >= 15 is 0 Å². The molecule has 1 amide bonds. The Morgan fingerprint density at radius 1 is 1.37 bits per heavy atom. The maximum absolute atomic E-state index is 13.0. The van der Waals surface area contributed by atoms with E-state index in [0.29, 0.717) is 46.4 Å². The van der Waals surface area contributed by atoms with Gasteiger partial charge in [0.2, 0.25) is 5.88 Å². The van der Waals surface area contributed by atoms with Crippen LogP contribution in [0.1, 0.15) is 39.0 Å². The highest BCUT2D eigenvalue weighted by Crippen LogP contribution is 2.34. The highest BCUT2D eigenvalue weighted by Gasteiger charge is 2.33. The van der Waals surface area contributed by atoms with E-state index in [9.17, 15) is 9.59 Å². The number of aryl methyl sites for hydroxylation is 1.